The zero-order chi connectivity index (χ0) is 14.0. The SMILES string of the molecule is Cc1cc(C(Cl)c2cccc(OC(C)C)c2)sc1Br. The number of halogens is 2. The fourth-order valence-electron chi connectivity index (χ4n) is 1.79. The Bertz CT molecular complexity index is 546. The predicted octanol–water partition coefficient (Wildman–Crippen LogP) is 5.93. The Balaban J connectivity index is 2.25. The average molecular weight is 360 g/mol. The van der Waals surface area contributed by atoms with Crippen LogP contribution in [0.25, 0.3) is 0 Å². The third-order valence-corrected chi connectivity index (χ3v) is 5.47. The van der Waals surface area contributed by atoms with Crippen LogP contribution in [0.4, 0.5) is 0 Å². The van der Waals surface area contributed by atoms with Crippen molar-refractivity contribution in [3.8, 4) is 5.75 Å². The lowest BCUT2D eigenvalue weighted by Crippen LogP contribution is -2.05. The number of hydrogen-bond donors (Lipinski definition) is 0. The molecule has 102 valence electrons. The van der Waals surface area contributed by atoms with E-state index in [0.717, 1.165) is 20.0 Å². The maximum absolute atomic E-state index is 6.56. The van der Waals surface area contributed by atoms with E-state index in [4.69, 9.17) is 16.3 Å². The van der Waals surface area contributed by atoms with E-state index in [2.05, 4.69) is 28.9 Å². The Morgan fingerprint density at radius 3 is 2.58 bits per heavy atom. The van der Waals surface area contributed by atoms with Gasteiger partial charge in [-0.25, -0.2) is 0 Å². The summed E-state index contributed by atoms with van der Waals surface area (Å²) in [6.07, 6.45) is 0.169. The minimum atomic E-state index is -0.134. The summed E-state index contributed by atoms with van der Waals surface area (Å²) in [6.45, 7) is 6.11. The van der Waals surface area contributed by atoms with Gasteiger partial charge in [0.05, 0.1) is 15.3 Å². The van der Waals surface area contributed by atoms with Gasteiger partial charge in [0.25, 0.3) is 0 Å². The highest BCUT2D eigenvalue weighted by Gasteiger charge is 2.15. The standard InChI is InChI=1S/C15H16BrClOS/c1-9(2)18-12-6-4-5-11(8-12)14(17)13-7-10(3)15(16)19-13/h4-9,14H,1-3H3. The van der Waals surface area contributed by atoms with Crippen molar-refractivity contribution in [2.45, 2.75) is 32.3 Å². The maximum atomic E-state index is 6.56. The lowest BCUT2D eigenvalue weighted by molar-refractivity contribution is 0.242. The van der Waals surface area contributed by atoms with Crippen molar-refractivity contribution in [1.29, 1.82) is 0 Å². The van der Waals surface area contributed by atoms with E-state index in [0.29, 0.717) is 0 Å². The first kappa shape index (κ1) is 14.9. The number of alkyl halides is 1. The fraction of sp³-hybridized carbons (Fsp3) is 0.333. The molecule has 2 aromatic rings. The predicted molar refractivity (Wildman–Crippen MR) is 86.7 cm³/mol. The van der Waals surface area contributed by atoms with Gasteiger partial charge in [0.15, 0.2) is 0 Å². The molecule has 0 aliphatic carbocycles. The molecular weight excluding hydrogens is 344 g/mol. The molecule has 1 unspecified atom stereocenters. The molecule has 0 aliphatic heterocycles. The highest BCUT2D eigenvalue weighted by atomic mass is 79.9. The minimum absolute atomic E-state index is 0.134. The van der Waals surface area contributed by atoms with Crippen LogP contribution in [0, 0.1) is 6.92 Å². The van der Waals surface area contributed by atoms with Gasteiger partial charge in [-0.05, 0) is 66.0 Å². The van der Waals surface area contributed by atoms with E-state index < -0.39 is 0 Å². The van der Waals surface area contributed by atoms with E-state index in [9.17, 15) is 0 Å². The molecule has 4 heteroatoms. The smallest absolute Gasteiger partial charge is 0.120 e. The third-order valence-electron chi connectivity index (χ3n) is 2.65. The normalized spacial score (nSPS) is 12.7. The van der Waals surface area contributed by atoms with Gasteiger partial charge >= 0.3 is 0 Å². The average Bonchev–Trinajstić information content (AvgIpc) is 2.68. The summed E-state index contributed by atoms with van der Waals surface area (Å²) in [4.78, 5) is 1.15. The van der Waals surface area contributed by atoms with Gasteiger partial charge in [0.1, 0.15) is 5.75 Å². The fourth-order valence-corrected chi connectivity index (χ4v) is 3.70. The van der Waals surface area contributed by atoms with Crippen molar-refractivity contribution in [3.63, 3.8) is 0 Å². The first-order valence-electron chi connectivity index (χ1n) is 6.14. The van der Waals surface area contributed by atoms with Crippen molar-refractivity contribution < 1.29 is 4.74 Å². The molecule has 0 spiro atoms. The van der Waals surface area contributed by atoms with Crippen molar-refractivity contribution in [3.05, 3.63) is 50.1 Å². The Morgan fingerprint density at radius 1 is 1.26 bits per heavy atom. The van der Waals surface area contributed by atoms with Crippen LogP contribution >= 0.6 is 38.9 Å². The summed E-state index contributed by atoms with van der Waals surface area (Å²) in [5.41, 5.74) is 2.29. The van der Waals surface area contributed by atoms with Gasteiger partial charge in [-0.1, -0.05) is 12.1 Å². The van der Waals surface area contributed by atoms with Crippen LogP contribution in [-0.2, 0) is 0 Å². The molecule has 0 fully saturated rings. The number of ether oxygens (including phenoxy) is 1. The molecular formula is C15H16BrClOS. The Labute approximate surface area is 131 Å². The summed E-state index contributed by atoms with van der Waals surface area (Å²) >= 11 is 11.8. The second-order valence-electron chi connectivity index (χ2n) is 4.71. The molecule has 1 aromatic carbocycles. The molecule has 0 saturated heterocycles. The number of hydrogen-bond acceptors (Lipinski definition) is 2. The van der Waals surface area contributed by atoms with Crippen molar-refractivity contribution in [1.82, 2.24) is 0 Å². The minimum Gasteiger partial charge on any atom is -0.491 e. The molecule has 0 N–H and O–H groups in total. The highest BCUT2D eigenvalue weighted by molar-refractivity contribution is 9.11. The van der Waals surface area contributed by atoms with E-state index >= 15 is 0 Å². The molecule has 1 aromatic heterocycles. The Hall–Kier alpha value is -0.510. The molecule has 0 amide bonds. The number of thiophene rings is 1. The molecule has 0 saturated carbocycles. The van der Waals surface area contributed by atoms with E-state index in [1.807, 2.05) is 38.1 Å². The first-order chi connectivity index (χ1) is 8.97. The summed E-state index contributed by atoms with van der Waals surface area (Å²) in [7, 11) is 0. The Kier molecular flexibility index (Phi) is 4.93. The number of benzene rings is 1. The molecule has 1 heterocycles. The van der Waals surface area contributed by atoms with Crippen molar-refractivity contribution in [2.24, 2.45) is 0 Å². The molecule has 0 bridgehead atoms. The second-order valence-corrected chi connectivity index (χ2v) is 7.55. The third kappa shape index (κ3) is 3.74. The lowest BCUT2D eigenvalue weighted by Gasteiger charge is -2.13. The van der Waals surface area contributed by atoms with Crippen molar-refractivity contribution in [2.75, 3.05) is 0 Å². The molecule has 19 heavy (non-hydrogen) atoms. The van der Waals surface area contributed by atoms with Gasteiger partial charge in [0.2, 0.25) is 0 Å². The maximum Gasteiger partial charge on any atom is 0.120 e. The zero-order valence-corrected chi connectivity index (χ0v) is 14.3. The molecule has 0 radical (unpaired) electrons. The summed E-state index contributed by atoms with van der Waals surface area (Å²) in [5.74, 6) is 0.866. The second kappa shape index (κ2) is 6.29. The van der Waals surface area contributed by atoms with Crippen LogP contribution in [0.5, 0.6) is 5.75 Å². The summed E-state index contributed by atoms with van der Waals surface area (Å²) < 4.78 is 6.85. The molecule has 1 nitrogen and oxygen atoms in total. The van der Waals surface area contributed by atoms with Gasteiger partial charge in [-0.2, -0.15) is 0 Å². The lowest BCUT2D eigenvalue weighted by atomic mass is 10.1. The van der Waals surface area contributed by atoms with Crippen molar-refractivity contribution >= 4 is 38.9 Å². The van der Waals surface area contributed by atoms with Gasteiger partial charge < -0.3 is 4.74 Å². The van der Waals surface area contributed by atoms with E-state index in [1.54, 1.807) is 11.3 Å². The zero-order valence-electron chi connectivity index (χ0n) is 11.1. The van der Waals surface area contributed by atoms with Crippen LogP contribution in [0.3, 0.4) is 0 Å². The monoisotopic (exact) mass is 358 g/mol. The van der Waals surface area contributed by atoms with Gasteiger partial charge in [0, 0.05) is 4.88 Å². The van der Waals surface area contributed by atoms with Crippen LogP contribution in [-0.4, -0.2) is 6.10 Å². The van der Waals surface area contributed by atoms with E-state index in [-0.39, 0.29) is 11.5 Å². The van der Waals surface area contributed by atoms with E-state index in [1.165, 1.54) is 5.56 Å². The topological polar surface area (TPSA) is 9.23 Å². The summed E-state index contributed by atoms with van der Waals surface area (Å²) in [5, 5.41) is -0.134. The number of aryl methyl sites for hydroxylation is 1. The molecule has 1 atom stereocenters. The van der Waals surface area contributed by atoms with Crippen LogP contribution in [0.2, 0.25) is 0 Å². The number of rotatable bonds is 4. The van der Waals surface area contributed by atoms with Crippen LogP contribution in [0.15, 0.2) is 34.1 Å². The first-order valence-corrected chi connectivity index (χ1v) is 8.18. The molecule has 2 rings (SSSR count). The summed E-state index contributed by atoms with van der Waals surface area (Å²) in [6, 6.07) is 10.1. The highest BCUT2D eigenvalue weighted by Crippen LogP contribution is 2.38. The van der Waals surface area contributed by atoms with Crippen LogP contribution in [0.1, 0.15) is 35.2 Å². The van der Waals surface area contributed by atoms with Gasteiger partial charge in [-0.15, -0.1) is 22.9 Å². The largest absolute Gasteiger partial charge is 0.491 e. The van der Waals surface area contributed by atoms with Gasteiger partial charge in [-0.3, -0.25) is 0 Å². The quantitative estimate of drug-likeness (QED) is 0.614. The molecule has 0 aliphatic rings. The van der Waals surface area contributed by atoms with Crippen LogP contribution < -0.4 is 4.74 Å². The Morgan fingerprint density at radius 2 is 2.00 bits per heavy atom.